The number of carbonyl (C=O) groups excluding carboxylic acids is 1. The normalized spacial score (nSPS) is 21.4. The fourth-order valence-electron chi connectivity index (χ4n) is 3.66. The number of rotatable bonds is 5. The number of methoxy groups -OCH3 is 1. The Morgan fingerprint density at radius 1 is 1.21 bits per heavy atom. The molecule has 1 fully saturated rings. The monoisotopic (exact) mass is 331 g/mol. The van der Waals surface area contributed by atoms with E-state index in [1.165, 1.54) is 36.8 Å². The van der Waals surface area contributed by atoms with E-state index in [4.69, 9.17) is 4.74 Å². The van der Waals surface area contributed by atoms with Crippen LogP contribution in [-0.2, 0) is 4.79 Å². The van der Waals surface area contributed by atoms with Crippen LogP contribution in [0.2, 0.25) is 0 Å². The van der Waals surface area contributed by atoms with E-state index >= 15 is 0 Å². The number of aryl methyl sites for hydroxylation is 1. The van der Waals surface area contributed by atoms with Crippen molar-refractivity contribution in [2.45, 2.75) is 65.7 Å². The molecule has 134 valence electrons. The molecule has 1 saturated carbocycles. The van der Waals surface area contributed by atoms with Crippen LogP contribution in [0.4, 0.5) is 0 Å². The summed E-state index contributed by atoms with van der Waals surface area (Å²) < 4.78 is 5.35. The van der Waals surface area contributed by atoms with E-state index in [2.05, 4.69) is 51.2 Å². The van der Waals surface area contributed by atoms with Crippen LogP contribution in [0, 0.1) is 18.3 Å². The van der Waals surface area contributed by atoms with Crippen LogP contribution in [0.25, 0.3) is 0 Å². The van der Waals surface area contributed by atoms with Crippen molar-refractivity contribution >= 4 is 5.91 Å². The van der Waals surface area contributed by atoms with Crippen molar-refractivity contribution in [3.63, 3.8) is 0 Å². The van der Waals surface area contributed by atoms with Crippen LogP contribution < -0.4 is 10.1 Å². The molecular formula is C21H33NO2. The lowest BCUT2D eigenvalue weighted by Gasteiger charge is -2.29. The summed E-state index contributed by atoms with van der Waals surface area (Å²) in [5.41, 5.74) is 2.71. The lowest BCUT2D eigenvalue weighted by atomic mass is 9.78. The van der Waals surface area contributed by atoms with Crippen LogP contribution in [0.15, 0.2) is 18.2 Å². The summed E-state index contributed by atoms with van der Waals surface area (Å²) in [6, 6.07) is 6.57. The Hall–Kier alpha value is -1.51. The molecule has 3 nitrogen and oxygen atoms in total. The van der Waals surface area contributed by atoms with Gasteiger partial charge in [-0.3, -0.25) is 4.79 Å². The van der Waals surface area contributed by atoms with Crippen molar-refractivity contribution in [2.75, 3.05) is 13.7 Å². The molecule has 1 aromatic carbocycles. The van der Waals surface area contributed by atoms with Crippen molar-refractivity contribution in [3.8, 4) is 5.75 Å². The highest BCUT2D eigenvalue weighted by molar-refractivity contribution is 5.76. The lowest BCUT2D eigenvalue weighted by molar-refractivity contribution is -0.123. The number of amides is 1. The van der Waals surface area contributed by atoms with Gasteiger partial charge in [0.15, 0.2) is 0 Å². The van der Waals surface area contributed by atoms with Gasteiger partial charge in [-0.2, -0.15) is 0 Å². The van der Waals surface area contributed by atoms with Gasteiger partial charge in [0, 0.05) is 13.0 Å². The molecule has 0 aliphatic heterocycles. The minimum atomic E-state index is 0.0635. The Kier molecular flexibility index (Phi) is 6.31. The zero-order valence-electron chi connectivity index (χ0n) is 15.9. The number of hydrogen-bond acceptors (Lipinski definition) is 2. The summed E-state index contributed by atoms with van der Waals surface area (Å²) >= 11 is 0. The molecular weight excluding hydrogens is 298 g/mol. The summed E-state index contributed by atoms with van der Waals surface area (Å²) in [4.78, 5) is 12.0. The van der Waals surface area contributed by atoms with Gasteiger partial charge in [0.1, 0.15) is 5.75 Å². The van der Waals surface area contributed by atoms with E-state index in [0.29, 0.717) is 18.3 Å². The highest BCUT2D eigenvalue weighted by atomic mass is 16.5. The minimum absolute atomic E-state index is 0.0635. The standard InChI is InChI=1S/C21H33NO2/c1-15-12-18(10-11-19(15)24-5)17-8-6-16(7-9-17)14-22-20(23)13-21(2,3)4/h10-12,16-17H,6-9,13-14H2,1-5H3,(H,22,23). The van der Waals surface area contributed by atoms with E-state index in [0.717, 1.165) is 12.3 Å². The fraction of sp³-hybridized carbons (Fsp3) is 0.667. The Balaban J connectivity index is 1.79. The topological polar surface area (TPSA) is 38.3 Å². The first-order valence-electron chi connectivity index (χ1n) is 9.20. The maximum absolute atomic E-state index is 12.0. The second-order valence-corrected chi connectivity index (χ2v) is 8.49. The second-order valence-electron chi connectivity index (χ2n) is 8.49. The predicted molar refractivity (Wildman–Crippen MR) is 99.5 cm³/mol. The molecule has 0 bridgehead atoms. The van der Waals surface area contributed by atoms with E-state index < -0.39 is 0 Å². The molecule has 1 N–H and O–H groups in total. The molecule has 0 spiro atoms. The first kappa shape index (κ1) is 18.8. The number of nitrogens with one attached hydrogen (secondary N) is 1. The van der Waals surface area contributed by atoms with Gasteiger partial charge in [0.2, 0.25) is 5.91 Å². The number of ether oxygens (including phenoxy) is 1. The third kappa shape index (κ3) is 5.54. The van der Waals surface area contributed by atoms with Crippen molar-refractivity contribution in [1.82, 2.24) is 5.32 Å². The smallest absolute Gasteiger partial charge is 0.220 e. The molecule has 0 radical (unpaired) electrons. The second kappa shape index (κ2) is 8.04. The van der Waals surface area contributed by atoms with Gasteiger partial charge < -0.3 is 10.1 Å². The molecule has 0 heterocycles. The SMILES string of the molecule is COc1ccc(C2CCC(CNC(=O)CC(C)(C)C)CC2)cc1C. The van der Waals surface area contributed by atoms with E-state index in [9.17, 15) is 4.79 Å². The van der Waals surface area contributed by atoms with E-state index in [1.54, 1.807) is 7.11 Å². The molecule has 0 aromatic heterocycles. The summed E-state index contributed by atoms with van der Waals surface area (Å²) in [5, 5.41) is 3.13. The Bertz CT molecular complexity index is 551. The first-order valence-corrected chi connectivity index (χ1v) is 9.20. The van der Waals surface area contributed by atoms with Crippen LogP contribution in [0.1, 0.15) is 69.9 Å². The maximum Gasteiger partial charge on any atom is 0.220 e. The van der Waals surface area contributed by atoms with Gasteiger partial charge in [-0.25, -0.2) is 0 Å². The lowest BCUT2D eigenvalue weighted by Crippen LogP contribution is -2.33. The Labute approximate surface area is 147 Å². The average molecular weight is 332 g/mol. The first-order chi connectivity index (χ1) is 11.3. The van der Waals surface area contributed by atoms with Gasteiger partial charge >= 0.3 is 0 Å². The zero-order valence-corrected chi connectivity index (χ0v) is 15.9. The van der Waals surface area contributed by atoms with Crippen molar-refractivity contribution in [3.05, 3.63) is 29.3 Å². The largest absolute Gasteiger partial charge is 0.496 e. The maximum atomic E-state index is 12.0. The quantitative estimate of drug-likeness (QED) is 0.839. The van der Waals surface area contributed by atoms with Crippen LogP contribution in [0.3, 0.4) is 0 Å². The molecule has 24 heavy (non-hydrogen) atoms. The van der Waals surface area contributed by atoms with Crippen molar-refractivity contribution in [2.24, 2.45) is 11.3 Å². The predicted octanol–water partition coefficient (Wildman–Crippen LogP) is 4.83. The Morgan fingerprint density at radius 2 is 1.88 bits per heavy atom. The molecule has 1 aromatic rings. The third-order valence-corrected chi connectivity index (χ3v) is 5.02. The summed E-state index contributed by atoms with van der Waals surface area (Å²) in [6.07, 6.45) is 5.43. The highest BCUT2D eigenvalue weighted by Gasteiger charge is 2.24. The van der Waals surface area contributed by atoms with Crippen molar-refractivity contribution in [1.29, 1.82) is 0 Å². The summed E-state index contributed by atoms with van der Waals surface area (Å²) in [7, 11) is 1.72. The van der Waals surface area contributed by atoms with Gasteiger partial charge in [-0.15, -0.1) is 0 Å². The third-order valence-electron chi connectivity index (χ3n) is 5.02. The van der Waals surface area contributed by atoms with Crippen molar-refractivity contribution < 1.29 is 9.53 Å². The zero-order chi connectivity index (χ0) is 17.7. The van der Waals surface area contributed by atoms with Crippen LogP contribution >= 0.6 is 0 Å². The van der Waals surface area contributed by atoms with E-state index in [1.807, 2.05) is 0 Å². The molecule has 3 heteroatoms. The van der Waals surface area contributed by atoms with Gasteiger partial charge in [0.25, 0.3) is 0 Å². The number of benzene rings is 1. The van der Waals surface area contributed by atoms with Gasteiger partial charge in [-0.1, -0.05) is 32.9 Å². The average Bonchev–Trinajstić information content (AvgIpc) is 2.52. The van der Waals surface area contributed by atoms with Gasteiger partial charge in [0.05, 0.1) is 7.11 Å². The molecule has 0 unspecified atom stereocenters. The van der Waals surface area contributed by atoms with Crippen LogP contribution in [-0.4, -0.2) is 19.6 Å². The minimum Gasteiger partial charge on any atom is -0.496 e. The van der Waals surface area contributed by atoms with Gasteiger partial charge in [-0.05, 0) is 67.1 Å². The molecule has 1 amide bonds. The summed E-state index contributed by atoms with van der Waals surface area (Å²) in [6.45, 7) is 9.26. The number of carbonyl (C=O) groups is 1. The van der Waals surface area contributed by atoms with E-state index in [-0.39, 0.29) is 11.3 Å². The fourth-order valence-corrected chi connectivity index (χ4v) is 3.66. The highest BCUT2D eigenvalue weighted by Crippen LogP contribution is 2.36. The molecule has 0 atom stereocenters. The molecule has 1 aliphatic rings. The molecule has 0 saturated heterocycles. The molecule has 1 aliphatic carbocycles. The number of hydrogen-bond donors (Lipinski definition) is 1. The summed E-state index contributed by atoms with van der Waals surface area (Å²) in [5.74, 6) is 2.44. The molecule has 2 rings (SSSR count). The Morgan fingerprint density at radius 3 is 2.42 bits per heavy atom. The van der Waals surface area contributed by atoms with Crippen LogP contribution in [0.5, 0.6) is 5.75 Å².